The lowest BCUT2D eigenvalue weighted by molar-refractivity contribution is 0.0715. The Morgan fingerprint density at radius 3 is 3.08 bits per heavy atom. The molecule has 3 atom stereocenters. The first-order valence-electron chi connectivity index (χ1n) is 4.05. The summed E-state index contributed by atoms with van der Waals surface area (Å²) >= 11 is 5.71. The molecule has 0 aromatic rings. The van der Waals surface area contributed by atoms with E-state index >= 15 is 0 Å². The minimum absolute atomic E-state index is 0.0110. The molecular weight excluding hydrogens is 199 g/mol. The van der Waals surface area contributed by atoms with Crippen molar-refractivity contribution < 1.29 is 13.6 Å². The van der Waals surface area contributed by atoms with Gasteiger partial charge >= 0.3 is 8.60 Å². The van der Waals surface area contributed by atoms with Gasteiger partial charge in [-0.1, -0.05) is 0 Å². The number of hydrogen-bond donors (Lipinski definition) is 0. The van der Waals surface area contributed by atoms with E-state index in [1.165, 1.54) is 0 Å². The number of alkyl halides is 1. The standard InChI is InChI=1S/C7H14ClO3P/c1-6(8)5-10-12-9-4-3-7(2)11-12/h6-7H,3-5H2,1-2H3. The predicted molar refractivity (Wildman–Crippen MR) is 49.3 cm³/mol. The van der Waals surface area contributed by atoms with E-state index in [9.17, 15) is 0 Å². The minimum Gasteiger partial charge on any atom is -0.312 e. The highest BCUT2D eigenvalue weighted by atomic mass is 35.5. The molecule has 0 spiro atoms. The van der Waals surface area contributed by atoms with Gasteiger partial charge in [0.1, 0.15) is 0 Å². The third kappa shape index (κ3) is 4.01. The molecule has 1 aliphatic heterocycles. The Labute approximate surface area is 79.3 Å². The highest BCUT2D eigenvalue weighted by Crippen LogP contribution is 2.44. The SMILES string of the molecule is CC(Cl)COP1OCCC(C)O1. The lowest BCUT2D eigenvalue weighted by Crippen LogP contribution is -2.17. The van der Waals surface area contributed by atoms with Crippen LogP contribution in [-0.2, 0) is 13.6 Å². The molecule has 0 aromatic carbocycles. The van der Waals surface area contributed by atoms with E-state index in [1.54, 1.807) is 0 Å². The fourth-order valence-corrected chi connectivity index (χ4v) is 2.10. The summed E-state index contributed by atoms with van der Waals surface area (Å²) in [6.07, 6.45) is 1.19. The molecule has 3 unspecified atom stereocenters. The zero-order chi connectivity index (χ0) is 8.97. The van der Waals surface area contributed by atoms with Crippen LogP contribution in [0.5, 0.6) is 0 Å². The van der Waals surface area contributed by atoms with Crippen LogP contribution in [0.4, 0.5) is 0 Å². The minimum atomic E-state index is -1.13. The third-order valence-electron chi connectivity index (χ3n) is 1.40. The van der Waals surface area contributed by atoms with Crippen molar-refractivity contribution in [3.63, 3.8) is 0 Å². The van der Waals surface area contributed by atoms with Gasteiger partial charge in [0.25, 0.3) is 0 Å². The molecule has 0 amide bonds. The first-order valence-corrected chi connectivity index (χ1v) is 5.58. The van der Waals surface area contributed by atoms with Crippen LogP contribution >= 0.6 is 20.2 Å². The van der Waals surface area contributed by atoms with Crippen molar-refractivity contribution in [3.8, 4) is 0 Å². The molecule has 1 saturated heterocycles. The van der Waals surface area contributed by atoms with Gasteiger partial charge in [0.05, 0.1) is 24.7 Å². The molecule has 0 bridgehead atoms. The molecule has 1 rings (SSSR count). The summed E-state index contributed by atoms with van der Waals surface area (Å²) in [5.74, 6) is 0. The Balaban J connectivity index is 2.14. The molecule has 0 aliphatic carbocycles. The summed E-state index contributed by atoms with van der Waals surface area (Å²) in [7, 11) is -1.13. The lowest BCUT2D eigenvalue weighted by Gasteiger charge is -2.25. The normalized spacial score (nSPS) is 33.2. The van der Waals surface area contributed by atoms with Gasteiger partial charge in [-0.05, 0) is 20.3 Å². The van der Waals surface area contributed by atoms with E-state index < -0.39 is 8.60 Å². The molecule has 5 heteroatoms. The van der Waals surface area contributed by atoms with Crippen molar-refractivity contribution in [1.29, 1.82) is 0 Å². The molecule has 1 heterocycles. The van der Waals surface area contributed by atoms with Crippen molar-refractivity contribution >= 4 is 20.2 Å². The Morgan fingerprint density at radius 2 is 2.50 bits per heavy atom. The zero-order valence-electron chi connectivity index (χ0n) is 7.33. The highest BCUT2D eigenvalue weighted by molar-refractivity contribution is 7.41. The van der Waals surface area contributed by atoms with Gasteiger partial charge in [-0.2, -0.15) is 0 Å². The van der Waals surface area contributed by atoms with Crippen molar-refractivity contribution in [3.05, 3.63) is 0 Å². The summed E-state index contributed by atoms with van der Waals surface area (Å²) in [5, 5.41) is 0.0110. The predicted octanol–water partition coefficient (Wildman–Crippen LogP) is 2.68. The fourth-order valence-electron chi connectivity index (χ4n) is 0.755. The monoisotopic (exact) mass is 212 g/mol. The Kier molecular flexibility index (Phi) is 4.77. The third-order valence-corrected chi connectivity index (χ3v) is 2.81. The van der Waals surface area contributed by atoms with Gasteiger partial charge in [-0.3, -0.25) is 0 Å². The number of hydrogen-bond acceptors (Lipinski definition) is 3. The molecule has 12 heavy (non-hydrogen) atoms. The van der Waals surface area contributed by atoms with Crippen molar-refractivity contribution in [2.24, 2.45) is 0 Å². The van der Waals surface area contributed by atoms with Gasteiger partial charge < -0.3 is 13.6 Å². The van der Waals surface area contributed by atoms with E-state index in [2.05, 4.69) is 0 Å². The van der Waals surface area contributed by atoms with Crippen LogP contribution in [0.2, 0.25) is 0 Å². The van der Waals surface area contributed by atoms with Gasteiger partial charge in [0.2, 0.25) is 0 Å². The van der Waals surface area contributed by atoms with Crippen LogP contribution < -0.4 is 0 Å². The topological polar surface area (TPSA) is 27.7 Å². The number of halogens is 1. The maximum Gasteiger partial charge on any atom is 0.332 e. The summed E-state index contributed by atoms with van der Waals surface area (Å²) in [6.45, 7) is 5.11. The van der Waals surface area contributed by atoms with Crippen molar-refractivity contribution in [1.82, 2.24) is 0 Å². The Morgan fingerprint density at radius 1 is 1.75 bits per heavy atom. The van der Waals surface area contributed by atoms with Crippen LogP contribution in [0.25, 0.3) is 0 Å². The van der Waals surface area contributed by atoms with Gasteiger partial charge in [0, 0.05) is 0 Å². The molecule has 3 nitrogen and oxygen atoms in total. The lowest BCUT2D eigenvalue weighted by atomic mass is 10.3. The quantitative estimate of drug-likeness (QED) is 0.532. The largest absolute Gasteiger partial charge is 0.332 e. The van der Waals surface area contributed by atoms with Gasteiger partial charge in [0.15, 0.2) is 0 Å². The average Bonchev–Trinajstić information content (AvgIpc) is 2.01. The average molecular weight is 213 g/mol. The summed E-state index contributed by atoms with van der Waals surface area (Å²) in [4.78, 5) is 0. The second-order valence-electron chi connectivity index (χ2n) is 2.84. The molecule has 1 fully saturated rings. The Hall–Kier alpha value is 0.600. The van der Waals surface area contributed by atoms with Gasteiger partial charge in [-0.25, -0.2) is 0 Å². The summed E-state index contributed by atoms with van der Waals surface area (Å²) in [6, 6.07) is 0. The molecule has 0 aromatic heterocycles. The van der Waals surface area contributed by atoms with E-state index in [4.69, 9.17) is 25.2 Å². The molecule has 1 aliphatic rings. The molecule has 0 radical (unpaired) electrons. The number of rotatable bonds is 3. The summed E-state index contributed by atoms with van der Waals surface area (Å²) < 4.78 is 16.0. The van der Waals surface area contributed by atoms with Crippen molar-refractivity contribution in [2.45, 2.75) is 31.7 Å². The maximum atomic E-state index is 5.71. The van der Waals surface area contributed by atoms with E-state index in [0.717, 1.165) is 13.0 Å². The van der Waals surface area contributed by atoms with E-state index in [0.29, 0.717) is 6.61 Å². The van der Waals surface area contributed by atoms with E-state index in [-0.39, 0.29) is 11.5 Å². The van der Waals surface area contributed by atoms with Crippen LogP contribution in [0.15, 0.2) is 0 Å². The van der Waals surface area contributed by atoms with Crippen LogP contribution in [-0.4, -0.2) is 24.7 Å². The van der Waals surface area contributed by atoms with Crippen LogP contribution in [0, 0.1) is 0 Å². The molecule has 0 saturated carbocycles. The smallest absolute Gasteiger partial charge is 0.312 e. The Bertz CT molecular complexity index is 134. The first-order chi connectivity index (χ1) is 5.68. The zero-order valence-corrected chi connectivity index (χ0v) is 8.98. The summed E-state index contributed by atoms with van der Waals surface area (Å²) in [5.41, 5.74) is 0. The molecule has 72 valence electrons. The van der Waals surface area contributed by atoms with Gasteiger partial charge in [-0.15, -0.1) is 11.6 Å². The fraction of sp³-hybridized carbons (Fsp3) is 1.00. The van der Waals surface area contributed by atoms with Crippen LogP contribution in [0.3, 0.4) is 0 Å². The first kappa shape index (κ1) is 10.7. The molecular formula is C7H14ClO3P. The van der Waals surface area contributed by atoms with Crippen LogP contribution in [0.1, 0.15) is 20.3 Å². The maximum absolute atomic E-state index is 5.71. The molecule has 0 N–H and O–H groups in total. The second-order valence-corrected chi connectivity index (χ2v) is 4.76. The highest BCUT2D eigenvalue weighted by Gasteiger charge is 2.22. The van der Waals surface area contributed by atoms with Crippen molar-refractivity contribution in [2.75, 3.05) is 13.2 Å². The second kappa shape index (κ2) is 5.36. The van der Waals surface area contributed by atoms with E-state index in [1.807, 2.05) is 13.8 Å².